The molecule has 0 spiro atoms. The van der Waals surface area contributed by atoms with Crippen molar-refractivity contribution >= 4 is 17.8 Å². The smallest absolute Gasteiger partial charge is 0.367 e. The molecule has 1 aliphatic rings. The molecule has 0 saturated heterocycles. The molecule has 18 heavy (non-hydrogen) atoms. The van der Waals surface area contributed by atoms with Crippen LogP contribution in [-0.4, -0.2) is 21.9 Å². The topological polar surface area (TPSA) is 84.9 Å². The van der Waals surface area contributed by atoms with E-state index in [9.17, 15) is 9.90 Å². The van der Waals surface area contributed by atoms with Gasteiger partial charge >= 0.3 is 11.9 Å². The van der Waals surface area contributed by atoms with Crippen LogP contribution in [0.1, 0.15) is 25.1 Å². The third kappa shape index (κ3) is 2.17. The summed E-state index contributed by atoms with van der Waals surface area (Å²) >= 11 is 0. The van der Waals surface area contributed by atoms with Gasteiger partial charge in [0, 0.05) is 0 Å². The summed E-state index contributed by atoms with van der Waals surface area (Å²) < 4.78 is 4.63. The van der Waals surface area contributed by atoms with Crippen LogP contribution < -0.4 is 0 Å². The minimum Gasteiger partial charge on any atom is -0.479 e. The van der Waals surface area contributed by atoms with E-state index in [-0.39, 0.29) is 5.95 Å². The Morgan fingerprint density at radius 2 is 2.11 bits per heavy atom. The number of hydrogen-bond donors (Lipinski definition) is 1. The monoisotopic (exact) mass is 248 g/mol. The molecule has 6 nitrogen and oxygen atoms in total. The second-order valence-electron chi connectivity index (χ2n) is 3.99. The van der Waals surface area contributed by atoms with E-state index in [1.807, 2.05) is 0 Å². The molecule has 0 amide bonds. The van der Waals surface area contributed by atoms with Gasteiger partial charge in [0.1, 0.15) is 0 Å². The van der Waals surface area contributed by atoms with Gasteiger partial charge in [0.25, 0.3) is 0 Å². The first-order valence-corrected chi connectivity index (χ1v) is 5.30. The van der Waals surface area contributed by atoms with Crippen LogP contribution in [0.25, 0.3) is 6.08 Å². The van der Waals surface area contributed by atoms with Crippen LogP contribution in [0.4, 0.5) is 0 Å². The van der Waals surface area contributed by atoms with E-state index in [4.69, 9.17) is 0 Å². The minimum absolute atomic E-state index is 0.246. The first-order chi connectivity index (χ1) is 8.49. The fourth-order valence-corrected chi connectivity index (χ4v) is 1.55. The molecule has 2 rings (SSSR count). The van der Waals surface area contributed by atoms with Crippen molar-refractivity contribution in [1.82, 2.24) is 5.16 Å². The van der Waals surface area contributed by atoms with Gasteiger partial charge in [-0.2, -0.15) is 0 Å². The van der Waals surface area contributed by atoms with Gasteiger partial charge in [0.2, 0.25) is 0 Å². The average molecular weight is 248 g/mol. The van der Waals surface area contributed by atoms with E-state index >= 15 is 0 Å². The summed E-state index contributed by atoms with van der Waals surface area (Å²) in [5, 5.41) is 16.6. The van der Waals surface area contributed by atoms with Gasteiger partial charge in [0.05, 0.1) is 22.5 Å². The van der Waals surface area contributed by atoms with Crippen LogP contribution in [0.2, 0.25) is 0 Å². The van der Waals surface area contributed by atoms with Crippen molar-refractivity contribution in [3.63, 3.8) is 0 Å². The summed E-state index contributed by atoms with van der Waals surface area (Å²) in [6.45, 7) is 5.19. The van der Waals surface area contributed by atoms with Gasteiger partial charge in [-0.05, 0) is 38.5 Å². The zero-order chi connectivity index (χ0) is 13.3. The molecular weight excluding hydrogens is 236 g/mol. The summed E-state index contributed by atoms with van der Waals surface area (Å²) in [6, 6.07) is 0. The van der Waals surface area contributed by atoms with E-state index in [0.29, 0.717) is 22.5 Å². The molecular formula is C12H12N2O4. The first kappa shape index (κ1) is 12.1. The molecule has 1 aromatic heterocycles. The number of carbonyl (C=O) groups is 1. The van der Waals surface area contributed by atoms with Crippen molar-refractivity contribution < 1.29 is 19.3 Å². The number of hydrogen-bond acceptors (Lipinski definition) is 6. The van der Waals surface area contributed by atoms with Crippen molar-refractivity contribution in [3.8, 4) is 5.95 Å². The molecule has 1 N–H and O–H groups in total. The van der Waals surface area contributed by atoms with E-state index in [0.717, 1.165) is 5.57 Å². The first-order valence-electron chi connectivity index (χ1n) is 5.30. The van der Waals surface area contributed by atoms with Crippen molar-refractivity contribution in [1.29, 1.82) is 0 Å². The molecule has 2 heterocycles. The Labute approximate surface area is 103 Å². The summed E-state index contributed by atoms with van der Waals surface area (Å²) in [5.74, 6) is -0.726. The Hall–Kier alpha value is -2.37. The molecule has 0 atom stereocenters. The predicted octanol–water partition coefficient (Wildman–Crippen LogP) is 1.95. The molecule has 0 saturated carbocycles. The second-order valence-corrected chi connectivity index (χ2v) is 3.99. The molecule has 0 radical (unpaired) electrons. The summed E-state index contributed by atoms with van der Waals surface area (Å²) in [4.78, 5) is 15.9. The highest BCUT2D eigenvalue weighted by Gasteiger charge is 2.21. The Morgan fingerprint density at radius 1 is 1.39 bits per heavy atom. The molecule has 94 valence electrons. The fourth-order valence-electron chi connectivity index (χ4n) is 1.55. The molecule has 6 heteroatoms. The lowest BCUT2D eigenvalue weighted by Crippen LogP contribution is -2.02. The summed E-state index contributed by atoms with van der Waals surface area (Å²) in [6.07, 6.45) is 3.31. The largest absolute Gasteiger partial charge is 0.479 e. The highest BCUT2D eigenvalue weighted by atomic mass is 16.7. The molecule has 0 unspecified atom stereocenters. The molecule has 0 fully saturated rings. The van der Waals surface area contributed by atoms with Gasteiger partial charge < -0.3 is 14.5 Å². The van der Waals surface area contributed by atoms with E-state index in [2.05, 4.69) is 19.7 Å². The standard InChI is InChI=1S/C12H12N2O4/c1-6(4-9-7(2)13-17-11(9)15)5-10-8(3)14-18-12(10)16/h4-5,15H,1-3H3/b6-4-,10-5-. The number of aromatic hydroxyl groups is 1. The Kier molecular flexibility index (Phi) is 3.01. The Bertz CT molecular complexity index is 574. The van der Waals surface area contributed by atoms with Crippen molar-refractivity contribution in [2.75, 3.05) is 0 Å². The Morgan fingerprint density at radius 3 is 2.61 bits per heavy atom. The molecule has 1 aliphatic heterocycles. The number of allylic oxidation sites excluding steroid dienone is 2. The average Bonchev–Trinajstić information content (AvgIpc) is 2.79. The summed E-state index contributed by atoms with van der Waals surface area (Å²) in [7, 11) is 0. The zero-order valence-corrected chi connectivity index (χ0v) is 10.2. The fraction of sp³-hybridized carbons (Fsp3) is 0.250. The lowest BCUT2D eigenvalue weighted by molar-refractivity contribution is -0.136. The number of rotatable bonds is 2. The quantitative estimate of drug-likeness (QED) is 0.638. The van der Waals surface area contributed by atoms with Crippen LogP contribution in [0.15, 0.2) is 26.9 Å². The molecule has 0 bridgehead atoms. The Balaban J connectivity index is 2.33. The number of aromatic nitrogens is 1. The lowest BCUT2D eigenvalue weighted by atomic mass is 10.1. The number of aryl methyl sites for hydroxylation is 1. The van der Waals surface area contributed by atoms with Gasteiger partial charge in [-0.15, -0.1) is 0 Å². The predicted molar refractivity (Wildman–Crippen MR) is 63.8 cm³/mol. The van der Waals surface area contributed by atoms with Crippen LogP contribution in [0.5, 0.6) is 5.95 Å². The van der Waals surface area contributed by atoms with E-state index in [1.54, 1.807) is 32.9 Å². The van der Waals surface area contributed by atoms with E-state index in [1.165, 1.54) is 0 Å². The normalized spacial score (nSPS) is 18.2. The lowest BCUT2D eigenvalue weighted by Gasteiger charge is -1.95. The van der Waals surface area contributed by atoms with Gasteiger partial charge in [0.15, 0.2) is 0 Å². The molecule has 0 aromatic carbocycles. The highest BCUT2D eigenvalue weighted by Crippen LogP contribution is 2.24. The number of oxime groups is 1. The van der Waals surface area contributed by atoms with Crippen molar-refractivity contribution in [2.24, 2.45) is 5.16 Å². The van der Waals surface area contributed by atoms with Gasteiger partial charge in [-0.25, -0.2) is 4.79 Å². The van der Waals surface area contributed by atoms with Crippen LogP contribution in [0, 0.1) is 6.92 Å². The van der Waals surface area contributed by atoms with Crippen molar-refractivity contribution in [2.45, 2.75) is 20.8 Å². The maximum atomic E-state index is 11.3. The van der Waals surface area contributed by atoms with Crippen molar-refractivity contribution in [3.05, 3.63) is 28.5 Å². The van der Waals surface area contributed by atoms with Gasteiger partial charge in [-0.3, -0.25) is 0 Å². The number of carbonyl (C=O) groups excluding carboxylic acids is 1. The van der Waals surface area contributed by atoms with E-state index < -0.39 is 5.97 Å². The molecule has 0 aliphatic carbocycles. The van der Waals surface area contributed by atoms with Gasteiger partial charge in [-0.1, -0.05) is 10.3 Å². The minimum atomic E-state index is -0.480. The maximum Gasteiger partial charge on any atom is 0.367 e. The highest BCUT2D eigenvalue weighted by molar-refractivity contribution is 6.21. The SMILES string of the molecule is CC1=NOC(=O)/C1=C\C(C)=C/c1c(C)noc1O. The van der Waals surface area contributed by atoms with Crippen LogP contribution in [0.3, 0.4) is 0 Å². The van der Waals surface area contributed by atoms with Crippen LogP contribution in [-0.2, 0) is 9.63 Å². The summed E-state index contributed by atoms with van der Waals surface area (Å²) in [5.41, 5.74) is 2.74. The molecule has 1 aromatic rings. The maximum absolute atomic E-state index is 11.3. The third-order valence-corrected chi connectivity index (χ3v) is 2.51. The third-order valence-electron chi connectivity index (χ3n) is 2.51. The van der Waals surface area contributed by atoms with Crippen LogP contribution >= 0.6 is 0 Å². The number of nitrogens with zero attached hydrogens (tertiary/aromatic N) is 2. The second kappa shape index (κ2) is 4.48. The zero-order valence-electron chi connectivity index (χ0n) is 10.2.